The van der Waals surface area contributed by atoms with Gasteiger partial charge in [0.1, 0.15) is 0 Å². The van der Waals surface area contributed by atoms with Crippen LogP contribution in [0.25, 0.3) is 0 Å². The molecule has 1 fully saturated rings. The van der Waals surface area contributed by atoms with Crippen LogP contribution in [-0.4, -0.2) is 36.9 Å². The summed E-state index contributed by atoms with van der Waals surface area (Å²) in [5, 5.41) is 2.92. The van der Waals surface area contributed by atoms with Crippen molar-refractivity contribution in [3.63, 3.8) is 0 Å². The average molecular weight is 345 g/mol. The largest absolute Gasteiger partial charge is 0.377 e. The third kappa shape index (κ3) is 4.97. The number of hydrogen-bond acceptors (Lipinski definition) is 3. The van der Waals surface area contributed by atoms with Gasteiger partial charge in [-0.25, -0.2) is 0 Å². The number of anilines is 2. The lowest BCUT2D eigenvalue weighted by Gasteiger charge is -2.31. The van der Waals surface area contributed by atoms with E-state index >= 15 is 0 Å². The van der Waals surface area contributed by atoms with E-state index in [1.165, 1.54) is 0 Å². The van der Waals surface area contributed by atoms with Crippen molar-refractivity contribution in [2.24, 2.45) is 5.92 Å². The second-order valence-electron chi connectivity index (χ2n) is 7.14. The summed E-state index contributed by atoms with van der Waals surface area (Å²) in [6.07, 6.45) is 3.41. The van der Waals surface area contributed by atoms with Gasteiger partial charge < -0.3 is 15.1 Å². The Labute approximate surface area is 151 Å². The second kappa shape index (κ2) is 8.37. The van der Waals surface area contributed by atoms with Crippen molar-refractivity contribution in [2.75, 3.05) is 24.3 Å². The van der Waals surface area contributed by atoms with Crippen LogP contribution in [0.15, 0.2) is 18.2 Å². The highest BCUT2D eigenvalue weighted by atomic mass is 16.2. The van der Waals surface area contributed by atoms with E-state index in [2.05, 4.69) is 24.1 Å². The molecule has 138 valence electrons. The van der Waals surface area contributed by atoms with Gasteiger partial charge in [-0.15, -0.1) is 0 Å². The maximum atomic E-state index is 12.7. The van der Waals surface area contributed by atoms with E-state index in [1.54, 1.807) is 0 Å². The quantitative estimate of drug-likeness (QED) is 0.782. The van der Waals surface area contributed by atoms with Gasteiger partial charge >= 0.3 is 0 Å². The Hall–Kier alpha value is -2.04. The van der Waals surface area contributed by atoms with Crippen LogP contribution in [0.4, 0.5) is 11.4 Å². The van der Waals surface area contributed by atoms with Gasteiger partial charge in [-0.05, 0) is 49.9 Å². The van der Waals surface area contributed by atoms with Gasteiger partial charge in [-0.2, -0.15) is 0 Å². The number of hydrogen-bond donors (Lipinski definition) is 1. The number of carbonyl (C=O) groups is 2. The molecule has 0 saturated heterocycles. The molecule has 0 heterocycles. The summed E-state index contributed by atoms with van der Waals surface area (Å²) in [5.74, 6) is 0.471. The Morgan fingerprint density at radius 3 is 2.44 bits per heavy atom. The number of benzene rings is 1. The predicted molar refractivity (Wildman–Crippen MR) is 103 cm³/mol. The van der Waals surface area contributed by atoms with Crippen molar-refractivity contribution in [2.45, 2.75) is 59.0 Å². The fourth-order valence-electron chi connectivity index (χ4n) is 2.90. The van der Waals surface area contributed by atoms with E-state index in [0.29, 0.717) is 13.0 Å². The smallest absolute Gasteiger partial charge is 0.226 e. The SMILES string of the molecule is CCC(=O)Nc1ccc(N(C)C)c(CN(C(=O)C2CC2)C(C)CC)c1. The maximum Gasteiger partial charge on any atom is 0.226 e. The Balaban J connectivity index is 2.30. The molecule has 25 heavy (non-hydrogen) atoms. The topological polar surface area (TPSA) is 52.7 Å². The van der Waals surface area contributed by atoms with E-state index in [0.717, 1.165) is 36.2 Å². The van der Waals surface area contributed by atoms with Crippen LogP contribution in [0.1, 0.15) is 52.0 Å². The van der Waals surface area contributed by atoms with Crippen LogP contribution in [0.5, 0.6) is 0 Å². The van der Waals surface area contributed by atoms with E-state index in [9.17, 15) is 9.59 Å². The fraction of sp³-hybridized carbons (Fsp3) is 0.600. The number of rotatable bonds is 8. The second-order valence-corrected chi connectivity index (χ2v) is 7.14. The van der Waals surface area contributed by atoms with Gasteiger partial charge in [0.05, 0.1) is 0 Å². The molecule has 1 aliphatic rings. The molecule has 2 amide bonds. The van der Waals surface area contributed by atoms with Gasteiger partial charge in [0, 0.05) is 50.4 Å². The molecule has 0 aliphatic heterocycles. The molecule has 2 rings (SSSR count). The third-order valence-electron chi connectivity index (χ3n) is 4.84. The molecule has 5 nitrogen and oxygen atoms in total. The van der Waals surface area contributed by atoms with Crippen molar-refractivity contribution >= 4 is 23.2 Å². The third-order valence-corrected chi connectivity index (χ3v) is 4.84. The van der Waals surface area contributed by atoms with Gasteiger partial charge in [0.25, 0.3) is 0 Å². The molecule has 1 unspecified atom stereocenters. The number of carbonyl (C=O) groups excluding carboxylic acids is 2. The summed E-state index contributed by atoms with van der Waals surface area (Å²) in [5.41, 5.74) is 2.93. The fourth-order valence-corrected chi connectivity index (χ4v) is 2.90. The van der Waals surface area contributed by atoms with Crippen LogP contribution >= 0.6 is 0 Å². The van der Waals surface area contributed by atoms with Crippen molar-refractivity contribution < 1.29 is 9.59 Å². The standard InChI is InChI=1S/C20H31N3O2/c1-6-14(3)23(20(25)15-8-9-15)13-16-12-17(21-19(24)7-2)10-11-18(16)22(4)5/h10-12,14-15H,6-9,13H2,1-5H3,(H,21,24). The van der Waals surface area contributed by atoms with Crippen molar-refractivity contribution in [1.82, 2.24) is 4.90 Å². The molecule has 1 aromatic carbocycles. The summed E-state index contributed by atoms with van der Waals surface area (Å²) in [4.78, 5) is 28.5. The first-order chi connectivity index (χ1) is 11.9. The Morgan fingerprint density at radius 2 is 1.92 bits per heavy atom. The number of nitrogens with zero attached hydrogens (tertiary/aromatic N) is 2. The van der Waals surface area contributed by atoms with Gasteiger partial charge in [-0.1, -0.05) is 13.8 Å². The van der Waals surface area contributed by atoms with E-state index in [1.807, 2.05) is 44.1 Å². The monoisotopic (exact) mass is 345 g/mol. The van der Waals surface area contributed by atoms with Gasteiger partial charge in [-0.3, -0.25) is 9.59 Å². The summed E-state index contributed by atoms with van der Waals surface area (Å²) in [6, 6.07) is 6.13. The minimum absolute atomic E-state index is 0.00334. The predicted octanol–water partition coefficient (Wildman–Crippen LogP) is 3.64. The normalized spacial score (nSPS) is 14.8. The zero-order valence-electron chi connectivity index (χ0n) is 16.1. The number of nitrogens with one attached hydrogen (secondary N) is 1. The summed E-state index contributed by atoms with van der Waals surface area (Å²) in [7, 11) is 4.00. The lowest BCUT2D eigenvalue weighted by Crippen LogP contribution is -2.39. The van der Waals surface area contributed by atoms with Crippen molar-refractivity contribution in [3.8, 4) is 0 Å². The highest BCUT2D eigenvalue weighted by molar-refractivity contribution is 5.91. The highest BCUT2D eigenvalue weighted by Crippen LogP contribution is 2.33. The molecule has 1 N–H and O–H groups in total. The van der Waals surface area contributed by atoms with Crippen molar-refractivity contribution in [1.29, 1.82) is 0 Å². The van der Waals surface area contributed by atoms with Gasteiger partial charge in [0.15, 0.2) is 0 Å². The molecule has 1 aromatic rings. The molecule has 0 bridgehead atoms. The molecule has 0 spiro atoms. The molecule has 1 atom stereocenters. The minimum Gasteiger partial charge on any atom is -0.377 e. The first-order valence-corrected chi connectivity index (χ1v) is 9.27. The molecule has 1 saturated carbocycles. The Kier molecular flexibility index (Phi) is 6.45. The van der Waals surface area contributed by atoms with Crippen LogP contribution in [0, 0.1) is 5.92 Å². The molecule has 0 aromatic heterocycles. The first kappa shape index (κ1) is 19.3. The molecule has 0 radical (unpaired) electrons. The Morgan fingerprint density at radius 1 is 1.24 bits per heavy atom. The van der Waals surface area contributed by atoms with Crippen LogP contribution < -0.4 is 10.2 Å². The van der Waals surface area contributed by atoms with E-state index in [4.69, 9.17) is 0 Å². The Bertz CT molecular complexity index is 623. The van der Waals surface area contributed by atoms with Crippen molar-refractivity contribution in [3.05, 3.63) is 23.8 Å². The zero-order valence-corrected chi connectivity index (χ0v) is 16.1. The summed E-state index contributed by atoms with van der Waals surface area (Å²) in [6.45, 7) is 6.64. The average Bonchev–Trinajstić information content (AvgIpc) is 3.43. The van der Waals surface area contributed by atoms with Gasteiger partial charge in [0.2, 0.25) is 11.8 Å². The first-order valence-electron chi connectivity index (χ1n) is 9.27. The van der Waals surface area contributed by atoms with E-state index < -0.39 is 0 Å². The molecule has 1 aliphatic carbocycles. The summed E-state index contributed by atoms with van der Waals surface area (Å²) >= 11 is 0. The van der Waals surface area contributed by atoms with Crippen LogP contribution in [0.2, 0.25) is 0 Å². The van der Waals surface area contributed by atoms with E-state index in [-0.39, 0.29) is 23.8 Å². The number of amides is 2. The summed E-state index contributed by atoms with van der Waals surface area (Å²) < 4.78 is 0. The molecular weight excluding hydrogens is 314 g/mol. The van der Waals surface area contributed by atoms with Crippen LogP contribution in [0.3, 0.4) is 0 Å². The van der Waals surface area contributed by atoms with Crippen LogP contribution in [-0.2, 0) is 16.1 Å². The lowest BCUT2D eigenvalue weighted by atomic mass is 10.1. The lowest BCUT2D eigenvalue weighted by molar-refractivity contribution is -0.135. The maximum absolute atomic E-state index is 12.7. The highest BCUT2D eigenvalue weighted by Gasteiger charge is 2.35. The molecule has 5 heteroatoms. The zero-order chi connectivity index (χ0) is 18.6. The minimum atomic E-state index is -0.00334. The molecular formula is C20H31N3O2.